The van der Waals surface area contributed by atoms with Crippen molar-refractivity contribution in [2.24, 2.45) is 0 Å². The van der Waals surface area contributed by atoms with E-state index >= 15 is 0 Å². The third-order valence-electron chi connectivity index (χ3n) is 4.35. The summed E-state index contributed by atoms with van der Waals surface area (Å²) >= 11 is 0. The van der Waals surface area contributed by atoms with Crippen molar-refractivity contribution >= 4 is 5.78 Å². The monoisotopic (exact) mass is 329 g/mol. The van der Waals surface area contributed by atoms with Crippen molar-refractivity contribution in [3.05, 3.63) is 41.2 Å². The molecule has 0 bridgehead atoms. The third kappa shape index (κ3) is 2.88. The van der Waals surface area contributed by atoms with E-state index in [9.17, 15) is 9.90 Å². The number of carbonyl (C=O) groups is 1. The van der Waals surface area contributed by atoms with E-state index in [1.807, 2.05) is 0 Å². The molecule has 1 N–H and O–H groups in total. The van der Waals surface area contributed by atoms with E-state index in [-0.39, 0.29) is 12.4 Å². The molecule has 6 nitrogen and oxygen atoms in total. The third-order valence-corrected chi connectivity index (χ3v) is 4.35. The van der Waals surface area contributed by atoms with Gasteiger partial charge in [0.1, 0.15) is 17.6 Å². The Kier molecular flexibility index (Phi) is 4.31. The van der Waals surface area contributed by atoms with Crippen molar-refractivity contribution < 1.29 is 24.1 Å². The fourth-order valence-corrected chi connectivity index (χ4v) is 3.09. The molecule has 1 aliphatic carbocycles. The van der Waals surface area contributed by atoms with Gasteiger partial charge >= 0.3 is 0 Å². The van der Waals surface area contributed by atoms with Crippen LogP contribution in [0.3, 0.4) is 0 Å². The first kappa shape index (κ1) is 16.5. The van der Waals surface area contributed by atoms with Crippen LogP contribution in [0.2, 0.25) is 0 Å². The van der Waals surface area contributed by atoms with Crippen LogP contribution >= 0.6 is 0 Å². The van der Waals surface area contributed by atoms with Crippen LogP contribution in [0, 0.1) is 11.3 Å². The molecule has 0 saturated carbocycles. The minimum absolute atomic E-state index is 0.0113. The molecule has 1 heterocycles. The van der Waals surface area contributed by atoms with Crippen molar-refractivity contribution in [2.45, 2.75) is 37.6 Å². The van der Waals surface area contributed by atoms with Crippen LogP contribution in [0.1, 0.15) is 37.0 Å². The Hall–Kier alpha value is -2.36. The molecule has 24 heavy (non-hydrogen) atoms. The summed E-state index contributed by atoms with van der Waals surface area (Å²) in [7, 11) is 1.53. The molecular weight excluding hydrogens is 310 g/mol. The van der Waals surface area contributed by atoms with Gasteiger partial charge in [0.25, 0.3) is 0 Å². The number of benzene rings is 1. The summed E-state index contributed by atoms with van der Waals surface area (Å²) in [6.07, 6.45) is 0.630. The van der Waals surface area contributed by atoms with Crippen molar-refractivity contribution in [1.29, 1.82) is 5.26 Å². The van der Waals surface area contributed by atoms with Crippen molar-refractivity contribution in [3.63, 3.8) is 0 Å². The van der Waals surface area contributed by atoms with Crippen LogP contribution in [0.5, 0.6) is 5.75 Å². The van der Waals surface area contributed by atoms with E-state index in [1.54, 1.807) is 25.1 Å². The number of aliphatic hydroxyl groups is 1. The molecule has 126 valence electrons. The van der Waals surface area contributed by atoms with Gasteiger partial charge in [-0.1, -0.05) is 0 Å². The minimum Gasteiger partial charge on any atom is -0.487 e. The number of carbonyl (C=O) groups excluding carboxylic acids is 1. The highest BCUT2D eigenvalue weighted by molar-refractivity contribution is 5.92. The summed E-state index contributed by atoms with van der Waals surface area (Å²) in [5, 5.41) is 20.0. The summed E-state index contributed by atoms with van der Waals surface area (Å²) in [4.78, 5) is 11.4. The lowest BCUT2D eigenvalue weighted by Gasteiger charge is -2.43. The number of methoxy groups -OCH3 is 1. The number of hydrogen-bond acceptors (Lipinski definition) is 6. The Labute approximate surface area is 140 Å². The van der Waals surface area contributed by atoms with E-state index < -0.39 is 17.8 Å². The minimum atomic E-state index is -1.02. The quantitative estimate of drug-likeness (QED) is 0.909. The number of rotatable bonds is 4. The number of fused-ring (bicyclic) bond motifs is 1. The van der Waals surface area contributed by atoms with Crippen LogP contribution in [-0.2, 0) is 14.3 Å². The van der Waals surface area contributed by atoms with E-state index in [2.05, 4.69) is 6.07 Å². The number of nitriles is 1. The van der Waals surface area contributed by atoms with Gasteiger partial charge in [0.05, 0.1) is 18.2 Å². The molecule has 3 rings (SSSR count). The molecule has 2 aliphatic rings. The highest BCUT2D eigenvalue weighted by Crippen LogP contribution is 2.44. The standard InChI is InChI=1S/C18H19NO5/c1-18(10-22-2)17(21)16(23-13-5-4-12(20)8-13)14-7-11(9-19)3-6-15(14)24-18/h3,6-8,16-17,21H,4-5,10H2,1-2H3. The second-order valence-electron chi connectivity index (χ2n) is 6.27. The van der Waals surface area contributed by atoms with Gasteiger partial charge in [-0.3, -0.25) is 4.79 Å². The zero-order valence-corrected chi connectivity index (χ0v) is 13.6. The maximum atomic E-state index is 11.4. The molecule has 3 unspecified atom stereocenters. The SMILES string of the molecule is COCC1(C)Oc2ccc(C#N)cc2C(OC2=CC(=O)CC2)C1O. The number of hydrogen-bond donors (Lipinski definition) is 1. The average molecular weight is 329 g/mol. The highest BCUT2D eigenvalue weighted by Gasteiger charge is 2.48. The average Bonchev–Trinajstić information content (AvgIpc) is 2.97. The van der Waals surface area contributed by atoms with Gasteiger partial charge in [-0.15, -0.1) is 0 Å². The lowest BCUT2D eigenvalue weighted by Crippen LogP contribution is -2.54. The second-order valence-corrected chi connectivity index (χ2v) is 6.27. The van der Waals surface area contributed by atoms with Gasteiger partial charge < -0.3 is 19.3 Å². The first-order valence-electron chi connectivity index (χ1n) is 7.77. The molecule has 1 aromatic rings. The maximum Gasteiger partial charge on any atom is 0.159 e. The van der Waals surface area contributed by atoms with Gasteiger partial charge in [0.15, 0.2) is 17.5 Å². The maximum absolute atomic E-state index is 11.4. The van der Waals surface area contributed by atoms with Gasteiger partial charge in [0.2, 0.25) is 0 Å². The summed E-state index contributed by atoms with van der Waals surface area (Å²) in [5.74, 6) is 1.09. The first-order chi connectivity index (χ1) is 11.5. The largest absolute Gasteiger partial charge is 0.487 e. The zero-order valence-electron chi connectivity index (χ0n) is 13.6. The Morgan fingerprint density at radius 2 is 2.25 bits per heavy atom. The summed E-state index contributed by atoms with van der Waals surface area (Å²) in [5.41, 5.74) is 0.0457. The molecule has 1 aromatic carbocycles. The summed E-state index contributed by atoms with van der Waals surface area (Å²) in [6, 6.07) is 7.06. The molecule has 0 amide bonds. The predicted octanol–water partition coefficient (Wildman–Crippen LogP) is 2.02. The summed E-state index contributed by atoms with van der Waals surface area (Å²) < 4.78 is 17.1. The normalized spacial score (nSPS) is 28.6. The lowest BCUT2D eigenvalue weighted by atomic mass is 9.86. The molecule has 6 heteroatoms. The molecule has 0 spiro atoms. The van der Waals surface area contributed by atoms with Crippen molar-refractivity contribution in [3.8, 4) is 11.8 Å². The molecule has 0 aromatic heterocycles. The van der Waals surface area contributed by atoms with E-state index in [0.717, 1.165) is 0 Å². The van der Waals surface area contributed by atoms with Gasteiger partial charge in [-0.05, 0) is 25.1 Å². The van der Waals surface area contributed by atoms with Gasteiger partial charge in [-0.2, -0.15) is 5.26 Å². The Bertz CT molecular complexity index is 735. The second kappa shape index (κ2) is 6.27. The number of ketones is 1. The molecule has 1 aliphatic heterocycles. The predicted molar refractivity (Wildman–Crippen MR) is 84.2 cm³/mol. The number of ether oxygens (including phenoxy) is 3. The molecular formula is C18H19NO5. The van der Waals surface area contributed by atoms with E-state index in [4.69, 9.17) is 19.5 Å². The Morgan fingerprint density at radius 3 is 2.88 bits per heavy atom. The molecule has 0 radical (unpaired) electrons. The Morgan fingerprint density at radius 1 is 1.46 bits per heavy atom. The van der Waals surface area contributed by atoms with Crippen molar-refractivity contribution in [2.75, 3.05) is 13.7 Å². The van der Waals surface area contributed by atoms with Gasteiger partial charge in [-0.25, -0.2) is 0 Å². The highest BCUT2D eigenvalue weighted by atomic mass is 16.6. The fourth-order valence-electron chi connectivity index (χ4n) is 3.09. The fraction of sp³-hybridized carbons (Fsp3) is 0.444. The number of aliphatic hydroxyl groups excluding tert-OH is 1. The number of nitrogens with zero attached hydrogens (tertiary/aromatic N) is 1. The first-order valence-corrected chi connectivity index (χ1v) is 7.77. The molecule has 0 fully saturated rings. The van der Waals surface area contributed by atoms with Crippen LogP contribution in [0.4, 0.5) is 0 Å². The van der Waals surface area contributed by atoms with Crippen LogP contribution in [0.25, 0.3) is 0 Å². The topological polar surface area (TPSA) is 88.8 Å². The van der Waals surface area contributed by atoms with E-state index in [1.165, 1.54) is 13.2 Å². The molecule has 0 saturated heterocycles. The number of allylic oxidation sites excluding steroid dienone is 2. The molecule has 3 atom stereocenters. The van der Waals surface area contributed by atoms with Crippen LogP contribution < -0.4 is 4.74 Å². The van der Waals surface area contributed by atoms with E-state index in [0.29, 0.717) is 35.5 Å². The smallest absolute Gasteiger partial charge is 0.159 e. The summed E-state index contributed by atoms with van der Waals surface area (Å²) in [6.45, 7) is 1.91. The van der Waals surface area contributed by atoms with Crippen molar-refractivity contribution in [1.82, 2.24) is 0 Å². The van der Waals surface area contributed by atoms with Crippen LogP contribution in [-0.4, -0.2) is 36.3 Å². The Balaban J connectivity index is 2.01. The lowest BCUT2D eigenvalue weighted by molar-refractivity contribution is -0.150. The van der Waals surface area contributed by atoms with Gasteiger partial charge in [0, 0.05) is 31.6 Å². The van der Waals surface area contributed by atoms with Crippen LogP contribution in [0.15, 0.2) is 30.0 Å². The zero-order chi connectivity index (χ0) is 17.3.